The Kier molecular flexibility index (Phi) is 4.02. The maximum Gasteiger partial charge on any atom is 0.418 e. The van der Waals surface area contributed by atoms with Crippen molar-refractivity contribution in [3.8, 4) is 0 Å². The Balaban J connectivity index is 2.24. The summed E-state index contributed by atoms with van der Waals surface area (Å²) in [5.41, 5.74) is 0.216. The molecule has 1 heterocycles. The Morgan fingerprint density at radius 2 is 1.90 bits per heavy atom. The van der Waals surface area contributed by atoms with E-state index in [1.54, 1.807) is 12.1 Å². The molecule has 0 bridgehead atoms. The van der Waals surface area contributed by atoms with Crippen LogP contribution < -0.4 is 5.32 Å². The van der Waals surface area contributed by atoms with Crippen molar-refractivity contribution in [1.29, 1.82) is 0 Å². The van der Waals surface area contributed by atoms with Crippen LogP contribution in [0.25, 0.3) is 0 Å². The third-order valence-corrected chi connectivity index (χ3v) is 2.63. The lowest BCUT2D eigenvalue weighted by atomic mass is 10.1. The van der Waals surface area contributed by atoms with Crippen LogP contribution in [0.1, 0.15) is 11.3 Å². The van der Waals surface area contributed by atoms with Crippen LogP contribution >= 0.6 is 0 Å². The quantitative estimate of drug-likeness (QED) is 0.870. The monoisotopic (exact) mass is 280 g/mol. The van der Waals surface area contributed by atoms with Gasteiger partial charge in [-0.25, -0.2) is 0 Å². The maximum absolute atomic E-state index is 12.8. The summed E-state index contributed by atoms with van der Waals surface area (Å²) in [6.45, 7) is 0. The number of para-hydroxylation sites is 1. The lowest BCUT2D eigenvalue weighted by Crippen LogP contribution is -2.08. The molecular weight excluding hydrogens is 269 g/mol. The smallest absolute Gasteiger partial charge is 0.354 e. The van der Waals surface area contributed by atoms with E-state index in [4.69, 9.17) is 0 Å². The Bertz CT molecular complexity index is 594. The molecule has 1 aromatic heterocycles. The summed E-state index contributed by atoms with van der Waals surface area (Å²) < 4.78 is 38.5. The second-order valence-electron chi connectivity index (χ2n) is 4.08. The van der Waals surface area contributed by atoms with Gasteiger partial charge in [-0.2, -0.15) is 13.2 Å². The number of carbonyl (C=O) groups is 1. The van der Waals surface area contributed by atoms with E-state index in [9.17, 15) is 18.0 Å². The van der Waals surface area contributed by atoms with Gasteiger partial charge < -0.3 is 10.1 Å². The number of aldehydes is 1. The first kappa shape index (κ1) is 14.0. The van der Waals surface area contributed by atoms with Crippen LogP contribution in [0.15, 0.2) is 42.6 Å². The highest BCUT2D eigenvalue weighted by Crippen LogP contribution is 2.35. The van der Waals surface area contributed by atoms with E-state index in [0.29, 0.717) is 17.7 Å². The standard InChI is InChI=1S/C14H11F3N2O/c15-14(16,17)12-3-1-2-4-13(12)19-11-6-5-10(7-8-20)18-9-11/h1-6,8-9,19H,7H2. The first-order chi connectivity index (χ1) is 9.50. The van der Waals surface area contributed by atoms with Crippen molar-refractivity contribution in [3.05, 3.63) is 53.9 Å². The third kappa shape index (κ3) is 3.34. The molecular formula is C14H11F3N2O. The molecule has 0 atom stereocenters. The predicted octanol–water partition coefficient (Wildman–Crippen LogP) is 3.59. The lowest BCUT2D eigenvalue weighted by Gasteiger charge is -2.14. The molecule has 0 spiro atoms. The summed E-state index contributed by atoms with van der Waals surface area (Å²) in [4.78, 5) is 14.3. The molecule has 0 aliphatic carbocycles. The second-order valence-corrected chi connectivity index (χ2v) is 4.08. The number of carbonyl (C=O) groups excluding carboxylic acids is 1. The fourth-order valence-corrected chi connectivity index (χ4v) is 1.70. The van der Waals surface area contributed by atoms with Gasteiger partial charge in [-0.1, -0.05) is 12.1 Å². The fraction of sp³-hybridized carbons (Fsp3) is 0.143. The number of pyridine rings is 1. The van der Waals surface area contributed by atoms with Gasteiger partial charge in [0.1, 0.15) is 6.29 Å². The number of alkyl halides is 3. The van der Waals surface area contributed by atoms with Gasteiger partial charge in [-0.15, -0.1) is 0 Å². The summed E-state index contributed by atoms with van der Waals surface area (Å²) >= 11 is 0. The van der Waals surface area contributed by atoms with Crippen LogP contribution in [-0.4, -0.2) is 11.3 Å². The molecule has 0 radical (unpaired) electrons. The number of nitrogens with one attached hydrogen (secondary N) is 1. The van der Waals surface area contributed by atoms with Gasteiger partial charge in [0.15, 0.2) is 0 Å². The van der Waals surface area contributed by atoms with E-state index in [-0.39, 0.29) is 12.1 Å². The normalized spacial score (nSPS) is 11.2. The fourth-order valence-electron chi connectivity index (χ4n) is 1.70. The lowest BCUT2D eigenvalue weighted by molar-refractivity contribution is -0.136. The first-order valence-corrected chi connectivity index (χ1v) is 5.82. The summed E-state index contributed by atoms with van der Waals surface area (Å²) in [6, 6.07) is 8.38. The minimum Gasteiger partial charge on any atom is -0.354 e. The highest BCUT2D eigenvalue weighted by molar-refractivity contribution is 5.63. The van der Waals surface area contributed by atoms with Crippen LogP contribution in [0.5, 0.6) is 0 Å². The molecule has 0 unspecified atom stereocenters. The summed E-state index contributed by atoms with van der Waals surface area (Å²) in [6.07, 6.45) is -2.13. The van der Waals surface area contributed by atoms with Crippen LogP contribution in [-0.2, 0) is 17.4 Å². The SMILES string of the molecule is O=CCc1ccc(Nc2ccccc2C(F)(F)F)cn1. The number of aromatic nitrogens is 1. The molecule has 0 fully saturated rings. The van der Waals surface area contributed by atoms with Crippen LogP contribution in [0.2, 0.25) is 0 Å². The molecule has 6 heteroatoms. The van der Waals surface area contributed by atoms with Gasteiger partial charge in [0.2, 0.25) is 0 Å². The maximum atomic E-state index is 12.8. The Morgan fingerprint density at radius 3 is 2.50 bits per heavy atom. The molecule has 1 N–H and O–H groups in total. The van der Waals surface area contributed by atoms with Crippen LogP contribution in [0.3, 0.4) is 0 Å². The van der Waals surface area contributed by atoms with Crippen LogP contribution in [0.4, 0.5) is 24.5 Å². The zero-order valence-electron chi connectivity index (χ0n) is 10.3. The topological polar surface area (TPSA) is 42.0 Å². The van der Waals surface area contributed by atoms with Crippen LogP contribution in [0, 0.1) is 0 Å². The number of anilines is 2. The van der Waals surface area contributed by atoms with Gasteiger partial charge in [0.05, 0.1) is 23.1 Å². The number of nitrogens with zero attached hydrogens (tertiary/aromatic N) is 1. The number of rotatable bonds is 4. The van der Waals surface area contributed by atoms with E-state index >= 15 is 0 Å². The zero-order chi connectivity index (χ0) is 14.6. The van der Waals surface area contributed by atoms with E-state index in [1.807, 2.05) is 0 Å². The highest BCUT2D eigenvalue weighted by Gasteiger charge is 2.33. The van der Waals surface area contributed by atoms with E-state index < -0.39 is 11.7 Å². The van der Waals surface area contributed by atoms with Gasteiger partial charge in [0, 0.05) is 12.1 Å². The molecule has 0 aliphatic heterocycles. The molecule has 2 rings (SSSR count). The average molecular weight is 280 g/mol. The van der Waals surface area contributed by atoms with E-state index in [1.165, 1.54) is 24.4 Å². The van der Waals surface area contributed by atoms with Gasteiger partial charge in [-0.05, 0) is 24.3 Å². The second kappa shape index (κ2) is 5.73. The summed E-state index contributed by atoms with van der Waals surface area (Å²) in [5.74, 6) is 0. The van der Waals surface area contributed by atoms with Crippen molar-refractivity contribution in [2.45, 2.75) is 12.6 Å². The number of halogens is 3. The largest absolute Gasteiger partial charge is 0.418 e. The van der Waals surface area contributed by atoms with Gasteiger partial charge >= 0.3 is 6.18 Å². The predicted molar refractivity (Wildman–Crippen MR) is 68.7 cm³/mol. The van der Waals surface area contributed by atoms with Crippen molar-refractivity contribution in [2.75, 3.05) is 5.32 Å². The van der Waals surface area contributed by atoms with Crippen molar-refractivity contribution < 1.29 is 18.0 Å². The molecule has 1 aromatic carbocycles. The summed E-state index contributed by atoms with van der Waals surface area (Å²) in [7, 11) is 0. The van der Waals surface area contributed by atoms with E-state index in [2.05, 4.69) is 10.3 Å². The Labute approximate surface area is 113 Å². The van der Waals surface area contributed by atoms with Crippen molar-refractivity contribution in [3.63, 3.8) is 0 Å². The molecule has 104 valence electrons. The Morgan fingerprint density at radius 1 is 1.15 bits per heavy atom. The zero-order valence-corrected chi connectivity index (χ0v) is 10.3. The minimum atomic E-state index is -4.42. The van der Waals surface area contributed by atoms with Crippen molar-refractivity contribution >= 4 is 17.7 Å². The summed E-state index contributed by atoms with van der Waals surface area (Å²) in [5, 5.41) is 2.68. The first-order valence-electron chi connectivity index (χ1n) is 5.82. The number of hydrogen-bond donors (Lipinski definition) is 1. The molecule has 0 aliphatic rings. The molecule has 0 saturated carbocycles. The molecule has 2 aromatic rings. The molecule has 3 nitrogen and oxygen atoms in total. The molecule has 0 saturated heterocycles. The van der Waals surface area contributed by atoms with Crippen molar-refractivity contribution in [2.24, 2.45) is 0 Å². The number of hydrogen-bond acceptors (Lipinski definition) is 3. The van der Waals surface area contributed by atoms with Crippen molar-refractivity contribution in [1.82, 2.24) is 4.98 Å². The van der Waals surface area contributed by atoms with Gasteiger partial charge in [-0.3, -0.25) is 4.98 Å². The van der Waals surface area contributed by atoms with E-state index in [0.717, 1.165) is 6.07 Å². The highest BCUT2D eigenvalue weighted by atomic mass is 19.4. The number of benzene rings is 1. The average Bonchev–Trinajstić information content (AvgIpc) is 2.41. The van der Waals surface area contributed by atoms with Gasteiger partial charge in [0.25, 0.3) is 0 Å². The minimum absolute atomic E-state index is 0.0371. The molecule has 0 amide bonds. The Hall–Kier alpha value is -2.37. The molecule has 20 heavy (non-hydrogen) atoms. The third-order valence-electron chi connectivity index (χ3n) is 2.63.